The first-order valence-electron chi connectivity index (χ1n) is 19.9. The van der Waals surface area contributed by atoms with E-state index >= 15 is 0 Å². The van der Waals surface area contributed by atoms with Crippen molar-refractivity contribution >= 4 is 30.9 Å². The Balaban J connectivity index is 0.000000367. The largest absolute Gasteiger partial charge is 0.438 e. The molecule has 4 rings (SSSR count). The molecule has 0 radical (unpaired) electrons. The normalized spacial score (nSPS) is 23.1. The van der Waals surface area contributed by atoms with Gasteiger partial charge in [-0.2, -0.15) is 0 Å². The first-order valence-corrected chi connectivity index (χ1v) is 21.9. The van der Waals surface area contributed by atoms with Crippen LogP contribution in [0.5, 0.6) is 0 Å². The summed E-state index contributed by atoms with van der Waals surface area (Å²) < 4.78 is 18.8. The van der Waals surface area contributed by atoms with Crippen molar-refractivity contribution in [2.45, 2.75) is 128 Å². The van der Waals surface area contributed by atoms with Gasteiger partial charge in [-0.25, -0.2) is 9.59 Å². The first kappa shape index (κ1) is 47.0. The van der Waals surface area contributed by atoms with Gasteiger partial charge >= 0.3 is 12.2 Å². The Kier molecular flexibility index (Phi) is 17.7. The maximum atomic E-state index is 13.1. The first-order chi connectivity index (χ1) is 27.2. The van der Waals surface area contributed by atoms with Gasteiger partial charge in [0.25, 0.3) is 8.32 Å². The molecule has 0 bridgehead atoms. The van der Waals surface area contributed by atoms with Crippen molar-refractivity contribution in [2.75, 3.05) is 39.3 Å². The third-order valence-corrected chi connectivity index (χ3v) is 16.3. The average molecular weight is 810 g/mol. The van der Waals surface area contributed by atoms with Crippen molar-refractivity contribution < 1.29 is 33.7 Å². The Morgan fingerprint density at radius 2 is 1.28 bits per heavy atom. The SMILES string of the molecule is CC[C@@H](O)[C@@]1(C)OC(=O)N(CCCCN=[N+]=[N-])[C@@H]1CN.CC[C@@H](O[Si](c1ccccc1)(c1ccccc1)C(C)(C)C)[C@@]1(C)OC(=O)N(CCCCN=[N+]=[N-])[C@@H]1CO. The van der Waals surface area contributed by atoms with E-state index in [0.29, 0.717) is 64.7 Å². The van der Waals surface area contributed by atoms with E-state index in [4.69, 9.17) is 30.7 Å². The third kappa shape index (κ3) is 10.6. The Bertz CT molecular complexity index is 1630. The minimum atomic E-state index is -2.91. The van der Waals surface area contributed by atoms with E-state index in [-0.39, 0.29) is 24.2 Å². The molecule has 2 aliphatic heterocycles. The molecule has 0 aliphatic carbocycles. The number of nitrogens with two attached hydrogens (primary N) is 1. The fraction of sp³-hybridized carbons (Fsp3) is 0.650. The van der Waals surface area contributed by atoms with E-state index in [0.717, 1.165) is 10.4 Å². The van der Waals surface area contributed by atoms with Crippen LogP contribution in [0.3, 0.4) is 0 Å². The molecule has 0 spiro atoms. The van der Waals surface area contributed by atoms with Crippen LogP contribution >= 0.6 is 0 Å². The van der Waals surface area contributed by atoms with Gasteiger partial charge in [-0.3, -0.25) is 9.80 Å². The number of azide groups is 2. The van der Waals surface area contributed by atoms with Crippen molar-refractivity contribution in [3.63, 3.8) is 0 Å². The molecule has 2 aromatic rings. The summed E-state index contributed by atoms with van der Waals surface area (Å²) in [4.78, 5) is 33.6. The van der Waals surface area contributed by atoms with E-state index < -0.39 is 50.0 Å². The summed E-state index contributed by atoms with van der Waals surface area (Å²) in [5.41, 5.74) is 20.4. The quantitative estimate of drug-likeness (QED) is 0.0445. The lowest BCUT2D eigenvalue weighted by Crippen LogP contribution is -2.70. The standard InChI is InChI=1S/C28H40N4O4Si.C12H23N5O3/c1-6-25(28(5)24(21-33)32(26(34)35-28)20-14-13-19-30-31-29)36-37(27(2,3)4,22-15-9-7-10-16-22)23-17-11-8-12-18-23;1-3-10(18)12(2)9(8-13)17(11(19)20-12)7-5-4-6-15-16-14/h7-12,15-18,24-25,33H,6,13-14,19-21H2,1-5H3;9-10,18H,3-8,13H2,1-2H3/t24-,25-,28+;9-,10-,12+/m11/s1. The molecular weight excluding hydrogens is 747 g/mol. The number of aliphatic hydroxyl groups is 2. The van der Waals surface area contributed by atoms with Crippen LogP contribution in [0, 0.1) is 0 Å². The summed E-state index contributed by atoms with van der Waals surface area (Å²) >= 11 is 0. The topological polar surface area (TPSA) is 232 Å². The van der Waals surface area contributed by atoms with Crippen LogP contribution in [-0.4, -0.2) is 115 Å². The molecule has 16 nitrogen and oxygen atoms in total. The summed E-state index contributed by atoms with van der Waals surface area (Å²) in [6.45, 7) is 15.8. The second-order valence-electron chi connectivity index (χ2n) is 15.9. The second kappa shape index (κ2) is 21.4. The van der Waals surface area contributed by atoms with Crippen molar-refractivity contribution in [2.24, 2.45) is 16.0 Å². The van der Waals surface area contributed by atoms with Gasteiger partial charge in [0.15, 0.2) is 11.2 Å². The second-order valence-corrected chi connectivity index (χ2v) is 20.1. The van der Waals surface area contributed by atoms with Gasteiger partial charge in [-0.1, -0.05) is 106 Å². The number of aliphatic hydroxyl groups excluding tert-OH is 2. The average Bonchev–Trinajstić information content (AvgIpc) is 3.61. The van der Waals surface area contributed by atoms with Crippen molar-refractivity contribution in [3.05, 3.63) is 81.5 Å². The third-order valence-electron chi connectivity index (χ3n) is 11.3. The van der Waals surface area contributed by atoms with E-state index in [9.17, 15) is 19.8 Å². The van der Waals surface area contributed by atoms with Gasteiger partial charge in [-0.15, -0.1) is 0 Å². The lowest BCUT2D eigenvalue weighted by molar-refractivity contribution is -0.0621. The molecule has 2 heterocycles. The van der Waals surface area contributed by atoms with E-state index in [1.807, 2.05) is 57.2 Å². The van der Waals surface area contributed by atoms with Gasteiger partial charge < -0.3 is 29.8 Å². The van der Waals surface area contributed by atoms with Crippen LogP contribution in [0.1, 0.15) is 87.0 Å². The molecule has 17 heteroatoms. The molecule has 0 unspecified atom stereocenters. The Hall–Kier alpha value is -4.34. The van der Waals surface area contributed by atoms with Gasteiger partial charge in [0.05, 0.1) is 24.9 Å². The predicted octanol–water partition coefficient (Wildman–Crippen LogP) is 6.39. The highest BCUT2D eigenvalue weighted by Gasteiger charge is 2.59. The fourth-order valence-electron chi connectivity index (χ4n) is 8.14. The predicted molar refractivity (Wildman–Crippen MR) is 222 cm³/mol. The zero-order chi connectivity index (χ0) is 42.3. The smallest absolute Gasteiger partial charge is 0.410 e. The van der Waals surface area contributed by atoms with Crippen molar-refractivity contribution in [1.82, 2.24) is 9.80 Å². The molecule has 0 aromatic heterocycles. The zero-order valence-electron chi connectivity index (χ0n) is 34.7. The highest BCUT2D eigenvalue weighted by atomic mass is 28.4. The molecule has 2 amide bonds. The van der Waals surface area contributed by atoms with Crippen LogP contribution in [-0.2, 0) is 13.9 Å². The monoisotopic (exact) mass is 809 g/mol. The van der Waals surface area contributed by atoms with E-state index in [2.05, 4.69) is 65.1 Å². The number of unbranched alkanes of at least 4 members (excludes halogenated alkanes) is 2. The van der Waals surface area contributed by atoms with Crippen LogP contribution < -0.4 is 16.1 Å². The lowest BCUT2D eigenvalue weighted by Gasteiger charge is -2.48. The number of benzene rings is 2. The highest BCUT2D eigenvalue weighted by Crippen LogP contribution is 2.43. The molecule has 0 saturated carbocycles. The minimum absolute atomic E-state index is 0.232. The summed E-state index contributed by atoms with van der Waals surface area (Å²) in [6.07, 6.45) is 1.70. The number of rotatable bonds is 20. The summed E-state index contributed by atoms with van der Waals surface area (Å²) in [6, 6.07) is 19.9. The summed E-state index contributed by atoms with van der Waals surface area (Å²) in [5, 5.41) is 29.6. The lowest BCUT2D eigenvalue weighted by atomic mass is 9.88. The van der Waals surface area contributed by atoms with Crippen molar-refractivity contribution in [1.29, 1.82) is 0 Å². The van der Waals surface area contributed by atoms with Crippen LogP contribution in [0.2, 0.25) is 5.04 Å². The number of carbonyl (C=O) groups is 2. The van der Waals surface area contributed by atoms with E-state index in [1.165, 1.54) is 0 Å². The number of amides is 2. The molecule has 2 fully saturated rings. The van der Waals surface area contributed by atoms with Crippen molar-refractivity contribution in [3.8, 4) is 0 Å². The Labute approximate surface area is 338 Å². The molecule has 4 N–H and O–H groups in total. The fourth-order valence-corrected chi connectivity index (χ4v) is 13.0. The Morgan fingerprint density at radius 3 is 1.67 bits per heavy atom. The van der Waals surface area contributed by atoms with Gasteiger partial charge in [0.2, 0.25) is 0 Å². The molecule has 2 saturated heterocycles. The summed E-state index contributed by atoms with van der Waals surface area (Å²) in [7, 11) is -2.91. The van der Waals surface area contributed by atoms with Crippen LogP contribution in [0.15, 0.2) is 70.9 Å². The number of nitrogens with zero attached hydrogens (tertiary/aromatic N) is 8. The molecule has 314 valence electrons. The van der Waals surface area contributed by atoms with Crippen LogP contribution in [0.4, 0.5) is 9.59 Å². The number of hydrogen-bond acceptors (Lipinski definition) is 10. The minimum Gasteiger partial charge on any atom is -0.438 e. The zero-order valence-corrected chi connectivity index (χ0v) is 35.7. The van der Waals surface area contributed by atoms with Gasteiger partial charge in [0, 0.05) is 42.5 Å². The van der Waals surface area contributed by atoms with E-state index in [1.54, 1.807) is 16.7 Å². The molecule has 57 heavy (non-hydrogen) atoms. The number of ether oxygens (including phenoxy) is 2. The number of carbonyl (C=O) groups excluding carboxylic acids is 2. The molecule has 6 atom stereocenters. The van der Waals surface area contributed by atoms with Gasteiger partial charge in [0.1, 0.15) is 6.04 Å². The summed E-state index contributed by atoms with van der Waals surface area (Å²) in [5.74, 6) is 0. The number of hydrogen-bond donors (Lipinski definition) is 3. The number of cyclic esters (lactones) is 2. The maximum Gasteiger partial charge on any atom is 0.410 e. The molecular formula is C40H63N9O7Si. The molecule has 2 aliphatic rings. The van der Waals surface area contributed by atoms with Gasteiger partial charge in [-0.05, 0) is 78.8 Å². The Morgan fingerprint density at radius 1 is 0.825 bits per heavy atom. The highest BCUT2D eigenvalue weighted by molar-refractivity contribution is 6.99. The van der Waals surface area contributed by atoms with Crippen LogP contribution in [0.25, 0.3) is 20.9 Å². The maximum absolute atomic E-state index is 13.1. The molecule has 2 aromatic carbocycles.